The van der Waals surface area contributed by atoms with Crippen molar-refractivity contribution in [3.05, 3.63) is 35.7 Å². The highest BCUT2D eigenvalue weighted by Gasteiger charge is 2.26. The third kappa shape index (κ3) is 3.15. The Hall–Kier alpha value is -2.70. The van der Waals surface area contributed by atoms with Gasteiger partial charge in [0.05, 0.1) is 0 Å². The van der Waals surface area contributed by atoms with E-state index in [9.17, 15) is 9.59 Å². The summed E-state index contributed by atoms with van der Waals surface area (Å²) in [4.78, 5) is 29.9. The predicted octanol–water partition coefficient (Wildman–Crippen LogP) is 1.13. The summed E-state index contributed by atoms with van der Waals surface area (Å²) in [7, 11) is 1.85. The van der Waals surface area contributed by atoms with Crippen LogP contribution in [0.15, 0.2) is 24.3 Å². The Morgan fingerprint density at radius 1 is 1.17 bits per heavy atom. The van der Waals surface area contributed by atoms with Crippen LogP contribution >= 0.6 is 0 Å². The molecule has 7 nitrogen and oxygen atoms in total. The number of aromatic nitrogens is 3. The molecule has 0 aliphatic carbocycles. The first-order valence-electron chi connectivity index (χ1n) is 8.02. The van der Waals surface area contributed by atoms with Gasteiger partial charge in [-0.15, -0.1) is 0 Å². The normalized spacial score (nSPS) is 15.5. The number of hydrogen-bond acceptors (Lipinski definition) is 4. The van der Waals surface area contributed by atoms with Gasteiger partial charge in [0, 0.05) is 37.2 Å². The lowest BCUT2D eigenvalue weighted by atomic mass is 9.96. The van der Waals surface area contributed by atoms with E-state index in [1.807, 2.05) is 26.1 Å². The highest BCUT2D eigenvalue weighted by atomic mass is 16.2. The number of amides is 2. The van der Waals surface area contributed by atoms with Crippen molar-refractivity contribution in [2.45, 2.75) is 19.8 Å². The predicted molar refractivity (Wildman–Crippen MR) is 89.0 cm³/mol. The zero-order valence-corrected chi connectivity index (χ0v) is 13.9. The Bertz CT molecular complexity index is 738. The minimum atomic E-state index is -0.274. The van der Waals surface area contributed by atoms with Crippen LogP contribution in [0.25, 0.3) is 11.4 Å². The maximum absolute atomic E-state index is 12.6. The summed E-state index contributed by atoms with van der Waals surface area (Å²) in [6.07, 6.45) is 1.27. The number of carbonyl (C=O) groups excluding carboxylic acids is 2. The van der Waals surface area contributed by atoms with Gasteiger partial charge in [0.1, 0.15) is 5.82 Å². The minimum absolute atomic E-state index is 0.0189. The SMILES string of the molecule is Cc1nc(-c2ccc(C(=O)N3CCC(C(N)=O)CC3)cc2)nn1C. The van der Waals surface area contributed by atoms with E-state index in [4.69, 9.17) is 5.73 Å². The topological polar surface area (TPSA) is 94.1 Å². The molecule has 126 valence electrons. The maximum atomic E-state index is 12.6. The van der Waals surface area contributed by atoms with E-state index >= 15 is 0 Å². The van der Waals surface area contributed by atoms with Crippen molar-refractivity contribution >= 4 is 11.8 Å². The van der Waals surface area contributed by atoms with E-state index in [1.54, 1.807) is 21.7 Å². The van der Waals surface area contributed by atoms with Gasteiger partial charge in [0.2, 0.25) is 5.91 Å². The lowest BCUT2D eigenvalue weighted by molar-refractivity contribution is -0.123. The fraction of sp³-hybridized carbons (Fsp3) is 0.412. The molecule has 1 aliphatic heterocycles. The summed E-state index contributed by atoms with van der Waals surface area (Å²) in [5.41, 5.74) is 6.83. The third-order valence-electron chi connectivity index (χ3n) is 4.56. The first kappa shape index (κ1) is 16.2. The first-order valence-corrected chi connectivity index (χ1v) is 8.02. The van der Waals surface area contributed by atoms with Crippen LogP contribution in [0.1, 0.15) is 29.0 Å². The lowest BCUT2D eigenvalue weighted by Crippen LogP contribution is -2.41. The maximum Gasteiger partial charge on any atom is 0.253 e. The van der Waals surface area contributed by atoms with Crippen molar-refractivity contribution in [2.24, 2.45) is 18.7 Å². The zero-order chi connectivity index (χ0) is 17.3. The molecule has 0 bridgehead atoms. The average Bonchev–Trinajstić information content (AvgIpc) is 2.93. The number of nitrogens with zero attached hydrogens (tertiary/aromatic N) is 4. The summed E-state index contributed by atoms with van der Waals surface area (Å²) in [6, 6.07) is 7.31. The van der Waals surface area contributed by atoms with Crippen molar-refractivity contribution in [3.8, 4) is 11.4 Å². The molecule has 0 atom stereocenters. The van der Waals surface area contributed by atoms with Gasteiger partial charge < -0.3 is 10.6 Å². The fourth-order valence-electron chi connectivity index (χ4n) is 2.90. The number of piperidine rings is 1. The quantitative estimate of drug-likeness (QED) is 0.914. The molecule has 3 rings (SSSR count). The van der Waals surface area contributed by atoms with Crippen molar-refractivity contribution in [2.75, 3.05) is 13.1 Å². The van der Waals surface area contributed by atoms with Crippen LogP contribution in [0.5, 0.6) is 0 Å². The molecule has 2 aromatic rings. The van der Waals surface area contributed by atoms with Gasteiger partial charge in [-0.1, -0.05) is 12.1 Å². The van der Waals surface area contributed by atoms with Crippen LogP contribution in [0.3, 0.4) is 0 Å². The van der Waals surface area contributed by atoms with Gasteiger partial charge in [-0.3, -0.25) is 14.3 Å². The largest absolute Gasteiger partial charge is 0.369 e. The Labute approximate surface area is 140 Å². The van der Waals surface area contributed by atoms with Gasteiger partial charge in [-0.05, 0) is 31.9 Å². The van der Waals surface area contributed by atoms with Crippen LogP contribution in [0.4, 0.5) is 0 Å². The average molecular weight is 327 g/mol. The molecule has 1 aromatic carbocycles. The second kappa shape index (κ2) is 6.43. The highest BCUT2D eigenvalue weighted by molar-refractivity contribution is 5.94. The summed E-state index contributed by atoms with van der Waals surface area (Å²) < 4.78 is 1.72. The summed E-state index contributed by atoms with van der Waals surface area (Å²) in [5, 5.41) is 4.34. The Kier molecular flexibility index (Phi) is 4.33. The van der Waals surface area contributed by atoms with Gasteiger partial charge in [0.15, 0.2) is 5.82 Å². The second-order valence-electron chi connectivity index (χ2n) is 6.15. The van der Waals surface area contributed by atoms with Gasteiger partial charge in [-0.25, -0.2) is 4.98 Å². The van der Waals surface area contributed by atoms with Crippen LogP contribution in [-0.2, 0) is 11.8 Å². The molecule has 7 heteroatoms. The molecule has 0 unspecified atom stereocenters. The number of benzene rings is 1. The molecule has 1 aromatic heterocycles. The fourth-order valence-corrected chi connectivity index (χ4v) is 2.90. The van der Waals surface area contributed by atoms with Crippen molar-refractivity contribution in [3.63, 3.8) is 0 Å². The molecule has 24 heavy (non-hydrogen) atoms. The zero-order valence-electron chi connectivity index (χ0n) is 13.9. The van der Waals surface area contributed by atoms with Crippen LogP contribution in [0, 0.1) is 12.8 Å². The highest BCUT2D eigenvalue weighted by Crippen LogP contribution is 2.20. The third-order valence-corrected chi connectivity index (χ3v) is 4.56. The molecule has 1 saturated heterocycles. The Morgan fingerprint density at radius 3 is 2.29 bits per heavy atom. The first-order chi connectivity index (χ1) is 11.5. The van der Waals surface area contributed by atoms with Crippen molar-refractivity contribution in [1.82, 2.24) is 19.7 Å². The lowest BCUT2D eigenvalue weighted by Gasteiger charge is -2.30. The Balaban J connectivity index is 1.69. The standard InChI is InChI=1S/C17H21N5O2/c1-11-19-16(20-21(11)2)13-3-5-14(6-4-13)17(24)22-9-7-12(8-10-22)15(18)23/h3-6,12H,7-10H2,1-2H3,(H2,18,23). The molecule has 2 N–H and O–H groups in total. The number of carbonyl (C=O) groups is 2. The van der Waals surface area contributed by atoms with Gasteiger partial charge in [-0.2, -0.15) is 5.10 Å². The number of hydrogen-bond donors (Lipinski definition) is 1. The van der Waals surface area contributed by atoms with E-state index in [2.05, 4.69) is 10.1 Å². The summed E-state index contributed by atoms with van der Waals surface area (Å²) >= 11 is 0. The molecule has 1 fully saturated rings. The number of likely N-dealkylation sites (tertiary alicyclic amines) is 1. The van der Waals surface area contributed by atoms with E-state index in [0.29, 0.717) is 37.3 Å². The van der Waals surface area contributed by atoms with E-state index in [-0.39, 0.29) is 17.7 Å². The van der Waals surface area contributed by atoms with Crippen LogP contribution < -0.4 is 5.73 Å². The van der Waals surface area contributed by atoms with Crippen molar-refractivity contribution in [1.29, 1.82) is 0 Å². The van der Waals surface area contributed by atoms with Crippen molar-refractivity contribution < 1.29 is 9.59 Å². The monoisotopic (exact) mass is 327 g/mol. The van der Waals surface area contributed by atoms with Gasteiger partial charge >= 0.3 is 0 Å². The van der Waals surface area contributed by atoms with E-state index < -0.39 is 0 Å². The molecule has 0 spiro atoms. The molecule has 2 heterocycles. The van der Waals surface area contributed by atoms with E-state index in [0.717, 1.165) is 11.4 Å². The van der Waals surface area contributed by atoms with Crippen LogP contribution in [0.2, 0.25) is 0 Å². The van der Waals surface area contributed by atoms with Gasteiger partial charge in [0.25, 0.3) is 5.91 Å². The smallest absolute Gasteiger partial charge is 0.253 e. The molecule has 1 aliphatic rings. The molecule has 0 radical (unpaired) electrons. The molecule has 2 amide bonds. The number of aryl methyl sites for hydroxylation is 2. The molecular formula is C17H21N5O2. The minimum Gasteiger partial charge on any atom is -0.369 e. The summed E-state index contributed by atoms with van der Waals surface area (Å²) in [6.45, 7) is 3.02. The number of nitrogens with two attached hydrogens (primary N) is 1. The number of primary amides is 1. The van der Waals surface area contributed by atoms with E-state index in [1.165, 1.54) is 0 Å². The van der Waals surface area contributed by atoms with Crippen LogP contribution in [-0.4, -0.2) is 44.6 Å². The second-order valence-corrected chi connectivity index (χ2v) is 6.15. The summed E-state index contributed by atoms with van der Waals surface area (Å²) in [5.74, 6) is 1.08. The molecule has 0 saturated carbocycles. The number of rotatable bonds is 3. The Morgan fingerprint density at radius 2 is 1.79 bits per heavy atom. The molecular weight excluding hydrogens is 306 g/mol.